The highest BCUT2D eigenvalue weighted by atomic mass is 32.2. The van der Waals surface area contributed by atoms with Gasteiger partial charge in [-0.05, 0) is 44.4 Å². The molecule has 2 heterocycles. The van der Waals surface area contributed by atoms with E-state index in [1.807, 2.05) is 0 Å². The Kier molecular flexibility index (Phi) is 6.46. The minimum atomic E-state index is -3.90. The molecular weight excluding hydrogens is 427 g/mol. The molecule has 3 rings (SSSR count). The standard InChI is InChI=1S/C20H25FN4O5S/c1-12-18(13(2)30-23-12)31(28,29)25-9-5-7-15(11-25)20(27)24(3)17(19(22)26)14-6-4-8-16(21)10-14/h4,6,8,10,15,17H,5,7,9,11H2,1-3H3,(H2,22,26). The molecule has 2 N–H and O–H groups in total. The molecule has 0 spiro atoms. The van der Waals surface area contributed by atoms with E-state index in [1.54, 1.807) is 6.92 Å². The topological polar surface area (TPSA) is 127 Å². The van der Waals surface area contributed by atoms with Crippen LogP contribution in [0.1, 0.15) is 35.9 Å². The number of likely N-dealkylation sites (N-methyl/N-ethyl adjacent to an activating group) is 1. The van der Waals surface area contributed by atoms with Crippen molar-refractivity contribution in [2.75, 3.05) is 20.1 Å². The molecule has 0 saturated carbocycles. The molecule has 0 radical (unpaired) electrons. The van der Waals surface area contributed by atoms with Crippen LogP contribution in [0, 0.1) is 25.6 Å². The number of aromatic nitrogens is 1. The molecule has 168 valence electrons. The zero-order valence-electron chi connectivity index (χ0n) is 17.5. The minimum Gasteiger partial charge on any atom is -0.368 e. The summed E-state index contributed by atoms with van der Waals surface area (Å²) < 4.78 is 46.1. The Morgan fingerprint density at radius 2 is 2.06 bits per heavy atom. The van der Waals surface area contributed by atoms with E-state index in [0.29, 0.717) is 12.8 Å². The SMILES string of the molecule is Cc1noc(C)c1S(=O)(=O)N1CCCC(C(=O)N(C)C(C(N)=O)c2cccc(F)c2)C1. The molecule has 2 atom stereocenters. The van der Waals surface area contributed by atoms with Gasteiger partial charge in [-0.25, -0.2) is 12.8 Å². The molecule has 9 nitrogen and oxygen atoms in total. The number of hydrogen-bond donors (Lipinski definition) is 1. The van der Waals surface area contributed by atoms with Crippen molar-refractivity contribution in [3.05, 3.63) is 47.1 Å². The zero-order valence-corrected chi connectivity index (χ0v) is 18.4. The van der Waals surface area contributed by atoms with Crippen LogP contribution in [0.3, 0.4) is 0 Å². The Balaban J connectivity index is 1.83. The number of piperidine rings is 1. The third kappa shape index (κ3) is 4.47. The second-order valence-corrected chi connectivity index (χ2v) is 9.54. The molecule has 2 amide bonds. The number of hydrogen-bond acceptors (Lipinski definition) is 6. The Bertz CT molecular complexity index is 1080. The number of rotatable bonds is 6. The largest absolute Gasteiger partial charge is 0.368 e. The Labute approximate surface area is 180 Å². The maximum absolute atomic E-state index is 13.7. The summed E-state index contributed by atoms with van der Waals surface area (Å²) in [5.74, 6) is -2.30. The average molecular weight is 453 g/mol. The van der Waals surface area contributed by atoms with Gasteiger partial charge >= 0.3 is 0 Å². The summed E-state index contributed by atoms with van der Waals surface area (Å²) in [6, 6.07) is 4.14. The molecule has 1 aromatic heterocycles. The third-order valence-corrected chi connectivity index (χ3v) is 7.58. The molecule has 2 unspecified atom stereocenters. The van der Waals surface area contributed by atoms with Crippen LogP contribution < -0.4 is 5.73 Å². The monoisotopic (exact) mass is 452 g/mol. The molecule has 11 heteroatoms. The Hall–Kier alpha value is -2.79. The minimum absolute atomic E-state index is 0.00345. The van der Waals surface area contributed by atoms with E-state index in [1.165, 1.54) is 36.5 Å². The molecule has 1 aliphatic rings. The van der Waals surface area contributed by atoms with E-state index in [-0.39, 0.29) is 35.0 Å². The maximum Gasteiger partial charge on any atom is 0.248 e. The van der Waals surface area contributed by atoms with Crippen molar-refractivity contribution in [2.45, 2.75) is 37.6 Å². The number of carbonyl (C=O) groups is 2. The van der Waals surface area contributed by atoms with Gasteiger partial charge in [-0.1, -0.05) is 17.3 Å². The van der Waals surface area contributed by atoms with Crippen LogP contribution in [0.4, 0.5) is 4.39 Å². The lowest BCUT2D eigenvalue weighted by Gasteiger charge is -2.35. The van der Waals surface area contributed by atoms with Crippen LogP contribution in [-0.2, 0) is 19.6 Å². The first-order valence-corrected chi connectivity index (χ1v) is 11.2. The highest BCUT2D eigenvalue weighted by molar-refractivity contribution is 7.89. The van der Waals surface area contributed by atoms with Crippen molar-refractivity contribution in [3.63, 3.8) is 0 Å². The number of halogens is 1. The van der Waals surface area contributed by atoms with E-state index >= 15 is 0 Å². The van der Waals surface area contributed by atoms with E-state index in [4.69, 9.17) is 10.3 Å². The van der Waals surface area contributed by atoms with Crippen LogP contribution in [0.2, 0.25) is 0 Å². The summed E-state index contributed by atoms with van der Waals surface area (Å²) in [4.78, 5) is 26.4. The molecule has 0 bridgehead atoms. The van der Waals surface area contributed by atoms with Gasteiger partial charge in [0.15, 0.2) is 5.76 Å². The fourth-order valence-electron chi connectivity index (χ4n) is 4.00. The summed E-state index contributed by atoms with van der Waals surface area (Å²) in [7, 11) is -2.49. The molecule has 1 saturated heterocycles. The fraction of sp³-hybridized carbons (Fsp3) is 0.450. The summed E-state index contributed by atoms with van der Waals surface area (Å²) in [5, 5.41) is 3.70. The summed E-state index contributed by atoms with van der Waals surface area (Å²) in [6.45, 7) is 3.26. The van der Waals surface area contributed by atoms with Crippen LogP contribution in [-0.4, -0.2) is 54.7 Å². The number of carbonyl (C=O) groups excluding carboxylic acids is 2. The number of amides is 2. The second kappa shape index (κ2) is 8.75. The Morgan fingerprint density at radius 3 is 2.65 bits per heavy atom. The van der Waals surface area contributed by atoms with Crippen LogP contribution >= 0.6 is 0 Å². The van der Waals surface area contributed by atoms with Gasteiger partial charge in [-0.3, -0.25) is 9.59 Å². The number of primary amides is 1. The predicted molar refractivity (Wildman–Crippen MR) is 109 cm³/mol. The van der Waals surface area contributed by atoms with Crippen molar-refractivity contribution < 1.29 is 26.9 Å². The highest BCUT2D eigenvalue weighted by Crippen LogP contribution is 2.30. The molecule has 1 fully saturated rings. The Morgan fingerprint density at radius 1 is 1.35 bits per heavy atom. The third-order valence-electron chi connectivity index (χ3n) is 5.47. The van der Waals surface area contributed by atoms with Gasteiger partial charge in [0.05, 0.1) is 5.92 Å². The molecule has 31 heavy (non-hydrogen) atoms. The van der Waals surface area contributed by atoms with Gasteiger partial charge in [-0.2, -0.15) is 4.31 Å². The fourth-order valence-corrected chi connectivity index (χ4v) is 5.82. The first-order chi connectivity index (χ1) is 14.5. The number of nitrogens with two attached hydrogens (primary N) is 1. The van der Waals surface area contributed by atoms with Crippen LogP contribution in [0.15, 0.2) is 33.7 Å². The number of benzene rings is 1. The lowest BCUT2D eigenvalue weighted by atomic mass is 9.96. The summed E-state index contributed by atoms with van der Waals surface area (Å²) >= 11 is 0. The first kappa shape index (κ1) is 22.9. The van der Waals surface area contributed by atoms with E-state index in [9.17, 15) is 22.4 Å². The predicted octanol–water partition coefficient (Wildman–Crippen LogP) is 1.52. The zero-order chi connectivity index (χ0) is 22.9. The lowest BCUT2D eigenvalue weighted by molar-refractivity contribution is -0.142. The quantitative estimate of drug-likeness (QED) is 0.708. The lowest BCUT2D eigenvalue weighted by Crippen LogP contribution is -2.48. The normalized spacial score (nSPS) is 18.5. The van der Waals surface area contributed by atoms with Crippen LogP contribution in [0.25, 0.3) is 0 Å². The van der Waals surface area contributed by atoms with Gasteiger partial charge in [-0.15, -0.1) is 0 Å². The number of sulfonamides is 1. The smallest absolute Gasteiger partial charge is 0.248 e. The molecular formula is C20H25FN4O5S. The first-order valence-electron chi connectivity index (χ1n) is 9.78. The molecule has 0 aliphatic carbocycles. The number of aryl methyl sites for hydroxylation is 2. The highest BCUT2D eigenvalue weighted by Gasteiger charge is 2.39. The van der Waals surface area contributed by atoms with Gasteiger partial charge in [0.25, 0.3) is 0 Å². The molecule has 1 aromatic carbocycles. The average Bonchev–Trinajstić information content (AvgIpc) is 3.06. The van der Waals surface area contributed by atoms with Gasteiger partial charge < -0.3 is 15.2 Å². The van der Waals surface area contributed by atoms with Crippen molar-refractivity contribution >= 4 is 21.8 Å². The summed E-state index contributed by atoms with van der Waals surface area (Å²) in [5.41, 5.74) is 6.00. The summed E-state index contributed by atoms with van der Waals surface area (Å²) in [6.07, 6.45) is 0.916. The van der Waals surface area contributed by atoms with Crippen molar-refractivity contribution in [1.29, 1.82) is 0 Å². The van der Waals surface area contributed by atoms with Gasteiger partial charge in [0.1, 0.15) is 22.4 Å². The van der Waals surface area contributed by atoms with Crippen molar-refractivity contribution in [3.8, 4) is 0 Å². The van der Waals surface area contributed by atoms with E-state index in [2.05, 4.69) is 5.16 Å². The molecule has 2 aromatic rings. The van der Waals surface area contributed by atoms with Crippen molar-refractivity contribution in [2.24, 2.45) is 11.7 Å². The molecule has 1 aliphatic heterocycles. The van der Waals surface area contributed by atoms with Crippen LogP contribution in [0.5, 0.6) is 0 Å². The van der Waals surface area contributed by atoms with Crippen molar-refractivity contribution in [1.82, 2.24) is 14.4 Å². The second-order valence-electron chi connectivity index (χ2n) is 7.66. The van der Waals surface area contributed by atoms with Gasteiger partial charge in [0, 0.05) is 20.1 Å². The van der Waals surface area contributed by atoms with E-state index in [0.717, 1.165) is 11.0 Å². The van der Waals surface area contributed by atoms with E-state index < -0.39 is 39.6 Å². The number of nitrogens with zero attached hydrogens (tertiary/aromatic N) is 3. The maximum atomic E-state index is 13.7. The van der Waals surface area contributed by atoms with Gasteiger partial charge in [0.2, 0.25) is 21.8 Å².